The van der Waals surface area contributed by atoms with Crippen molar-refractivity contribution in [1.29, 1.82) is 0 Å². The molecule has 0 amide bonds. The summed E-state index contributed by atoms with van der Waals surface area (Å²) >= 11 is 5.93. The number of benzene rings is 1. The van der Waals surface area contributed by atoms with Crippen LogP contribution in [0.25, 0.3) is 0 Å². The second-order valence-corrected chi connectivity index (χ2v) is 5.27. The van der Waals surface area contributed by atoms with E-state index in [1.807, 2.05) is 12.1 Å². The summed E-state index contributed by atoms with van der Waals surface area (Å²) in [6.45, 7) is 3.08. The van der Waals surface area contributed by atoms with E-state index in [0.717, 1.165) is 31.6 Å². The number of hydrogen-bond donors (Lipinski definition) is 1. The molecule has 1 aromatic carbocycles. The molecule has 2 N–H and O–H groups in total. The zero-order valence-electron chi connectivity index (χ0n) is 10.2. The largest absolute Gasteiger partial charge is 0.397 e. The summed E-state index contributed by atoms with van der Waals surface area (Å²) in [6.07, 6.45) is 2.00. The third-order valence-electron chi connectivity index (χ3n) is 3.56. The zero-order valence-corrected chi connectivity index (χ0v) is 10.9. The highest BCUT2D eigenvalue weighted by atomic mass is 35.5. The Bertz CT molecular complexity index is 447. The molecular formula is C13H17ClN2O2. The third-order valence-corrected chi connectivity index (χ3v) is 3.80. The van der Waals surface area contributed by atoms with Crippen LogP contribution in [-0.2, 0) is 9.47 Å². The predicted octanol–water partition coefficient (Wildman–Crippen LogP) is 2.27. The molecule has 18 heavy (non-hydrogen) atoms. The van der Waals surface area contributed by atoms with Gasteiger partial charge >= 0.3 is 0 Å². The number of nitrogens with two attached hydrogens (primary N) is 1. The first-order valence-electron chi connectivity index (χ1n) is 6.26. The van der Waals surface area contributed by atoms with Crippen molar-refractivity contribution >= 4 is 23.0 Å². The van der Waals surface area contributed by atoms with Crippen LogP contribution < -0.4 is 10.6 Å². The smallest absolute Gasteiger partial charge is 0.186 e. The minimum Gasteiger partial charge on any atom is -0.397 e. The first kappa shape index (κ1) is 12.1. The van der Waals surface area contributed by atoms with Gasteiger partial charge in [0, 0.05) is 18.0 Å². The number of nitrogen functional groups attached to an aromatic ring is 1. The van der Waals surface area contributed by atoms with E-state index in [1.54, 1.807) is 6.07 Å². The standard InChI is InChI=1S/C13H17ClN2O2/c14-10-2-3-12(11(15)8-10)16-5-1-4-13(9-16)17-6-7-18-13/h2-3,8H,1,4-7,9,15H2. The molecule has 98 valence electrons. The molecule has 1 aromatic rings. The summed E-state index contributed by atoms with van der Waals surface area (Å²) < 4.78 is 11.5. The molecule has 0 unspecified atom stereocenters. The van der Waals surface area contributed by atoms with E-state index in [2.05, 4.69) is 4.90 Å². The second-order valence-electron chi connectivity index (χ2n) is 4.84. The molecule has 0 radical (unpaired) electrons. The number of rotatable bonds is 1. The Morgan fingerprint density at radius 3 is 2.78 bits per heavy atom. The van der Waals surface area contributed by atoms with Gasteiger partial charge in [0.15, 0.2) is 5.79 Å². The van der Waals surface area contributed by atoms with Crippen molar-refractivity contribution in [3.8, 4) is 0 Å². The summed E-state index contributed by atoms with van der Waals surface area (Å²) in [6, 6.07) is 5.62. The first-order chi connectivity index (χ1) is 8.69. The number of piperidine rings is 1. The van der Waals surface area contributed by atoms with Gasteiger partial charge in [0.2, 0.25) is 0 Å². The van der Waals surface area contributed by atoms with E-state index in [0.29, 0.717) is 23.9 Å². The molecule has 4 nitrogen and oxygen atoms in total. The number of anilines is 2. The summed E-state index contributed by atoms with van der Waals surface area (Å²) in [4.78, 5) is 2.22. The van der Waals surface area contributed by atoms with Gasteiger partial charge in [0.25, 0.3) is 0 Å². The van der Waals surface area contributed by atoms with Gasteiger partial charge in [0.05, 0.1) is 31.1 Å². The summed E-state index contributed by atoms with van der Waals surface area (Å²) in [5.41, 5.74) is 7.75. The Morgan fingerprint density at radius 2 is 2.06 bits per heavy atom. The molecule has 3 rings (SSSR count). The Morgan fingerprint density at radius 1 is 1.28 bits per heavy atom. The highest BCUT2D eigenvalue weighted by Crippen LogP contribution is 2.35. The van der Waals surface area contributed by atoms with Gasteiger partial charge in [0.1, 0.15) is 0 Å². The average Bonchev–Trinajstić information content (AvgIpc) is 2.77. The Balaban J connectivity index is 1.83. The lowest BCUT2D eigenvalue weighted by Gasteiger charge is -2.40. The molecule has 0 saturated carbocycles. The van der Waals surface area contributed by atoms with Crippen LogP contribution in [0.4, 0.5) is 11.4 Å². The average molecular weight is 269 g/mol. The fraction of sp³-hybridized carbons (Fsp3) is 0.538. The topological polar surface area (TPSA) is 47.7 Å². The maximum atomic E-state index is 6.03. The van der Waals surface area contributed by atoms with Crippen LogP contribution in [0.5, 0.6) is 0 Å². The first-order valence-corrected chi connectivity index (χ1v) is 6.64. The maximum Gasteiger partial charge on any atom is 0.186 e. The molecule has 5 heteroatoms. The predicted molar refractivity (Wildman–Crippen MR) is 71.9 cm³/mol. The molecule has 2 saturated heterocycles. The zero-order chi connectivity index (χ0) is 12.6. The third kappa shape index (κ3) is 2.16. The van der Waals surface area contributed by atoms with Crippen LogP contribution >= 0.6 is 11.6 Å². The van der Waals surface area contributed by atoms with Crippen LogP contribution in [0.15, 0.2) is 18.2 Å². The molecule has 0 aromatic heterocycles. The normalized spacial score (nSPS) is 22.6. The maximum absolute atomic E-state index is 6.03. The van der Waals surface area contributed by atoms with Crippen molar-refractivity contribution in [3.05, 3.63) is 23.2 Å². The van der Waals surface area contributed by atoms with Gasteiger partial charge in [-0.1, -0.05) is 11.6 Å². The highest BCUT2D eigenvalue weighted by molar-refractivity contribution is 6.31. The number of hydrogen-bond acceptors (Lipinski definition) is 4. The monoisotopic (exact) mass is 268 g/mol. The quantitative estimate of drug-likeness (QED) is 0.794. The lowest BCUT2D eigenvalue weighted by Crippen LogP contribution is -2.49. The van der Waals surface area contributed by atoms with E-state index in [9.17, 15) is 0 Å². The molecule has 1 spiro atoms. The van der Waals surface area contributed by atoms with Crippen molar-refractivity contribution < 1.29 is 9.47 Å². The van der Waals surface area contributed by atoms with E-state index in [4.69, 9.17) is 26.8 Å². The van der Waals surface area contributed by atoms with Crippen molar-refractivity contribution in [2.24, 2.45) is 0 Å². The molecule has 2 aliphatic heterocycles. The van der Waals surface area contributed by atoms with E-state index in [-0.39, 0.29) is 0 Å². The number of halogens is 1. The van der Waals surface area contributed by atoms with Crippen LogP contribution in [0.2, 0.25) is 5.02 Å². The molecular weight excluding hydrogens is 252 g/mol. The van der Waals surface area contributed by atoms with Crippen LogP contribution in [0.1, 0.15) is 12.8 Å². The molecule has 2 fully saturated rings. The summed E-state index contributed by atoms with van der Waals surface area (Å²) in [5.74, 6) is -0.426. The van der Waals surface area contributed by atoms with Gasteiger partial charge in [-0.15, -0.1) is 0 Å². The van der Waals surface area contributed by atoms with Crippen molar-refractivity contribution in [3.63, 3.8) is 0 Å². The highest BCUT2D eigenvalue weighted by Gasteiger charge is 2.41. The number of nitrogens with zero attached hydrogens (tertiary/aromatic N) is 1. The summed E-state index contributed by atoms with van der Waals surface area (Å²) in [7, 11) is 0. The van der Waals surface area contributed by atoms with Gasteiger partial charge in [-0.2, -0.15) is 0 Å². The fourth-order valence-electron chi connectivity index (χ4n) is 2.74. The SMILES string of the molecule is Nc1cc(Cl)ccc1N1CCCC2(C1)OCCO2. The Kier molecular flexibility index (Phi) is 3.09. The van der Waals surface area contributed by atoms with E-state index in [1.165, 1.54) is 0 Å². The van der Waals surface area contributed by atoms with Crippen LogP contribution in [0, 0.1) is 0 Å². The molecule has 2 aliphatic rings. The minimum absolute atomic E-state index is 0.426. The Hall–Kier alpha value is -0.970. The van der Waals surface area contributed by atoms with Crippen molar-refractivity contribution in [1.82, 2.24) is 0 Å². The van der Waals surface area contributed by atoms with E-state index < -0.39 is 5.79 Å². The molecule has 0 aliphatic carbocycles. The van der Waals surface area contributed by atoms with E-state index >= 15 is 0 Å². The van der Waals surface area contributed by atoms with Gasteiger partial charge in [-0.25, -0.2) is 0 Å². The summed E-state index contributed by atoms with van der Waals surface area (Å²) in [5, 5.41) is 0.663. The minimum atomic E-state index is -0.426. The van der Waals surface area contributed by atoms with Crippen LogP contribution in [0.3, 0.4) is 0 Å². The number of ether oxygens (including phenoxy) is 2. The van der Waals surface area contributed by atoms with Gasteiger partial charge < -0.3 is 20.1 Å². The Labute approximate surface area is 112 Å². The molecule has 2 heterocycles. The lowest BCUT2D eigenvalue weighted by molar-refractivity contribution is -0.161. The van der Waals surface area contributed by atoms with Gasteiger partial charge in [-0.05, 0) is 24.6 Å². The van der Waals surface area contributed by atoms with Crippen molar-refractivity contribution in [2.45, 2.75) is 18.6 Å². The lowest BCUT2D eigenvalue weighted by atomic mass is 10.0. The van der Waals surface area contributed by atoms with Crippen LogP contribution in [-0.4, -0.2) is 32.1 Å². The molecule has 0 atom stereocenters. The second kappa shape index (κ2) is 4.61. The fourth-order valence-corrected chi connectivity index (χ4v) is 2.92. The van der Waals surface area contributed by atoms with Crippen molar-refractivity contribution in [2.75, 3.05) is 36.9 Å². The molecule has 0 bridgehead atoms. The van der Waals surface area contributed by atoms with Gasteiger partial charge in [-0.3, -0.25) is 0 Å².